The average molecular weight is 302 g/mol. The molecule has 1 unspecified atom stereocenters. The highest BCUT2D eigenvalue weighted by molar-refractivity contribution is 7.94. The van der Waals surface area contributed by atoms with Crippen LogP contribution in [0.4, 0.5) is 11.4 Å². The lowest BCUT2D eigenvalue weighted by molar-refractivity contribution is -0.385. The van der Waals surface area contributed by atoms with Crippen LogP contribution >= 0.6 is 0 Å². The smallest absolute Gasteiger partial charge is 0.323 e. The Bertz CT molecular complexity index is 668. The predicted molar refractivity (Wildman–Crippen MR) is 72.2 cm³/mol. The molecule has 0 aliphatic carbocycles. The molecule has 0 aromatic heterocycles. The van der Waals surface area contributed by atoms with E-state index >= 15 is 0 Å². The van der Waals surface area contributed by atoms with Gasteiger partial charge in [0.1, 0.15) is 0 Å². The summed E-state index contributed by atoms with van der Waals surface area (Å²) in [5.74, 6) is -1.50. The SMILES string of the molecule is Cc1cc(C)c([N+](=O)[O-])cc1NS(=O)(=O)C(C)C(=O)O. The van der Waals surface area contributed by atoms with Crippen molar-refractivity contribution in [1.29, 1.82) is 0 Å². The highest BCUT2D eigenvalue weighted by atomic mass is 32.2. The number of hydrogen-bond donors (Lipinski definition) is 2. The fourth-order valence-corrected chi connectivity index (χ4v) is 2.49. The first-order chi connectivity index (χ1) is 9.06. The quantitative estimate of drug-likeness (QED) is 0.625. The molecule has 0 spiro atoms. The molecule has 1 aromatic carbocycles. The molecule has 0 saturated heterocycles. The molecule has 0 heterocycles. The second kappa shape index (κ2) is 5.45. The summed E-state index contributed by atoms with van der Waals surface area (Å²) in [7, 11) is -4.16. The second-order valence-electron chi connectivity index (χ2n) is 4.34. The van der Waals surface area contributed by atoms with Gasteiger partial charge in [-0.25, -0.2) is 8.42 Å². The minimum atomic E-state index is -4.16. The predicted octanol–water partition coefficient (Wildman–Crippen LogP) is 1.43. The first-order valence-corrected chi connectivity index (χ1v) is 7.11. The Morgan fingerprint density at radius 2 is 1.90 bits per heavy atom. The Balaban J connectivity index is 3.26. The van der Waals surface area contributed by atoms with Gasteiger partial charge >= 0.3 is 5.97 Å². The number of carbonyl (C=O) groups is 1. The van der Waals surface area contributed by atoms with Crippen molar-refractivity contribution in [3.05, 3.63) is 33.4 Å². The number of carboxylic acids is 1. The van der Waals surface area contributed by atoms with Crippen molar-refractivity contribution in [2.24, 2.45) is 0 Å². The van der Waals surface area contributed by atoms with Crippen LogP contribution in [0.2, 0.25) is 0 Å². The van der Waals surface area contributed by atoms with Crippen LogP contribution in [-0.2, 0) is 14.8 Å². The van der Waals surface area contributed by atoms with Crippen LogP contribution in [0.1, 0.15) is 18.1 Å². The molecule has 0 bridgehead atoms. The van der Waals surface area contributed by atoms with Crippen molar-refractivity contribution in [2.75, 3.05) is 4.72 Å². The number of carboxylic acid groups (broad SMARTS) is 1. The van der Waals surface area contributed by atoms with Gasteiger partial charge in [-0.1, -0.05) is 0 Å². The average Bonchev–Trinajstić information content (AvgIpc) is 2.30. The molecule has 20 heavy (non-hydrogen) atoms. The standard InChI is InChI=1S/C11H14N2O6S/c1-6-4-7(2)10(13(16)17)5-9(6)12-20(18,19)8(3)11(14)15/h4-5,8,12H,1-3H3,(H,14,15). The topological polar surface area (TPSA) is 127 Å². The number of nitrogens with zero attached hydrogens (tertiary/aromatic N) is 1. The fraction of sp³-hybridized carbons (Fsp3) is 0.364. The number of benzene rings is 1. The Morgan fingerprint density at radius 1 is 1.35 bits per heavy atom. The van der Waals surface area contributed by atoms with Crippen molar-refractivity contribution < 1.29 is 23.2 Å². The number of hydrogen-bond acceptors (Lipinski definition) is 5. The number of sulfonamides is 1. The van der Waals surface area contributed by atoms with E-state index in [1.165, 1.54) is 13.0 Å². The fourth-order valence-electron chi connectivity index (χ4n) is 1.52. The Kier molecular flexibility index (Phi) is 4.33. The molecule has 1 rings (SSSR count). The lowest BCUT2D eigenvalue weighted by atomic mass is 10.1. The molecular formula is C11H14N2O6S. The Hall–Kier alpha value is -2.16. The third-order valence-corrected chi connectivity index (χ3v) is 4.44. The van der Waals surface area contributed by atoms with Gasteiger partial charge in [-0.3, -0.25) is 19.6 Å². The van der Waals surface area contributed by atoms with Gasteiger partial charge in [-0.2, -0.15) is 0 Å². The minimum absolute atomic E-state index is 0.00426. The summed E-state index contributed by atoms with van der Waals surface area (Å²) in [6.45, 7) is 4.12. The molecule has 0 aliphatic rings. The summed E-state index contributed by atoms with van der Waals surface area (Å²) >= 11 is 0. The number of nitrogens with one attached hydrogen (secondary N) is 1. The molecule has 8 nitrogen and oxygen atoms in total. The van der Waals surface area contributed by atoms with Crippen molar-refractivity contribution in [2.45, 2.75) is 26.0 Å². The van der Waals surface area contributed by atoms with Crippen LogP contribution in [0.15, 0.2) is 12.1 Å². The highest BCUT2D eigenvalue weighted by Gasteiger charge is 2.28. The van der Waals surface area contributed by atoms with Crippen LogP contribution in [-0.4, -0.2) is 29.7 Å². The number of nitro benzene ring substituents is 1. The molecule has 2 N–H and O–H groups in total. The van der Waals surface area contributed by atoms with E-state index in [1.807, 2.05) is 0 Å². The lowest BCUT2D eigenvalue weighted by Gasteiger charge is -2.13. The van der Waals surface area contributed by atoms with E-state index in [-0.39, 0.29) is 11.4 Å². The minimum Gasteiger partial charge on any atom is -0.480 e. The van der Waals surface area contributed by atoms with Gasteiger partial charge in [0.05, 0.1) is 10.6 Å². The summed E-state index contributed by atoms with van der Waals surface area (Å²) in [4.78, 5) is 20.9. The molecule has 0 amide bonds. The van der Waals surface area contributed by atoms with Crippen molar-refractivity contribution >= 4 is 27.4 Å². The zero-order valence-electron chi connectivity index (χ0n) is 11.1. The normalized spacial score (nSPS) is 12.8. The van der Waals surface area contributed by atoms with Gasteiger partial charge in [-0.05, 0) is 32.4 Å². The largest absolute Gasteiger partial charge is 0.480 e. The van der Waals surface area contributed by atoms with Gasteiger partial charge in [0.2, 0.25) is 10.0 Å². The van der Waals surface area contributed by atoms with Crippen molar-refractivity contribution in [3.63, 3.8) is 0 Å². The zero-order valence-corrected chi connectivity index (χ0v) is 11.9. The number of nitro groups is 1. The Morgan fingerprint density at radius 3 is 2.35 bits per heavy atom. The number of aliphatic carboxylic acids is 1. The van der Waals surface area contributed by atoms with Crippen molar-refractivity contribution in [3.8, 4) is 0 Å². The number of aryl methyl sites for hydroxylation is 2. The summed E-state index contributed by atoms with van der Waals surface area (Å²) < 4.78 is 25.7. The van der Waals surface area contributed by atoms with Crippen LogP contribution in [0.5, 0.6) is 0 Å². The Labute approximate surface area is 115 Å². The van der Waals surface area contributed by atoms with Gasteiger partial charge < -0.3 is 5.11 Å². The number of rotatable bonds is 5. The summed E-state index contributed by atoms with van der Waals surface area (Å²) in [5.41, 5.74) is 0.614. The molecule has 1 aromatic rings. The maximum Gasteiger partial charge on any atom is 0.323 e. The van der Waals surface area contributed by atoms with Crippen LogP contribution in [0.25, 0.3) is 0 Å². The van der Waals surface area contributed by atoms with E-state index in [2.05, 4.69) is 4.72 Å². The third-order valence-electron chi connectivity index (χ3n) is 2.81. The zero-order chi connectivity index (χ0) is 15.7. The highest BCUT2D eigenvalue weighted by Crippen LogP contribution is 2.27. The van der Waals surface area contributed by atoms with Crippen LogP contribution in [0, 0.1) is 24.0 Å². The van der Waals surface area contributed by atoms with Crippen LogP contribution in [0.3, 0.4) is 0 Å². The van der Waals surface area contributed by atoms with E-state index in [9.17, 15) is 23.3 Å². The molecule has 0 aliphatic heterocycles. The molecule has 0 radical (unpaired) electrons. The van der Waals surface area contributed by atoms with E-state index in [0.717, 1.165) is 13.0 Å². The molecular weight excluding hydrogens is 288 g/mol. The first-order valence-electron chi connectivity index (χ1n) is 5.56. The molecule has 110 valence electrons. The van der Waals surface area contributed by atoms with E-state index in [1.54, 1.807) is 6.92 Å². The van der Waals surface area contributed by atoms with Crippen LogP contribution < -0.4 is 4.72 Å². The molecule has 0 fully saturated rings. The van der Waals surface area contributed by atoms with Gasteiger partial charge in [-0.15, -0.1) is 0 Å². The maximum atomic E-state index is 11.8. The summed E-state index contributed by atoms with van der Waals surface area (Å²) in [6, 6.07) is 2.54. The van der Waals surface area contributed by atoms with Gasteiger partial charge in [0.15, 0.2) is 5.25 Å². The lowest BCUT2D eigenvalue weighted by Crippen LogP contribution is -2.32. The second-order valence-corrected chi connectivity index (χ2v) is 6.34. The van der Waals surface area contributed by atoms with Gasteiger partial charge in [0.25, 0.3) is 5.69 Å². The third kappa shape index (κ3) is 3.23. The van der Waals surface area contributed by atoms with Crippen molar-refractivity contribution in [1.82, 2.24) is 0 Å². The van der Waals surface area contributed by atoms with Gasteiger partial charge in [0, 0.05) is 11.6 Å². The maximum absolute atomic E-state index is 11.8. The molecule has 1 atom stereocenters. The monoisotopic (exact) mass is 302 g/mol. The number of anilines is 1. The summed E-state index contributed by atoms with van der Waals surface area (Å²) in [6.07, 6.45) is 0. The molecule has 9 heteroatoms. The van der Waals surface area contributed by atoms with E-state index in [0.29, 0.717) is 11.1 Å². The van der Waals surface area contributed by atoms with E-state index in [4.69, 9.17) is 5.11 Å². The summed E-state index contributed by atoms with van der Waals surface area (Å²) in [5, 5.41) is 17.9. The first kappa shape index (κ1) is 15.9. The molecule has 0 saturated carbocycles. The van der Waals surface area contributed by atoms with E-state index < -0.39 is 26.2 Å².